The normalized spacial score (nSPS) is 17.4. The van der Waals surface area contributed by atoms with E-state index in [0.717, 1.165) is 43.2 Å². The van der Waals surface area contributed by atoms with Crippen LogP contribution in [0.1, 0.15) is 107 Å². The van der Waals surface area contributed by atoms with Crippen molar-refractivity contribution in [2.45, 2.75) is 99.8 Å². The first-order valence-electron chi connectivity index (χ1n) is 11.8. The van der Waals surface area contributed by atoms with Crippen LogP contribution in [-0.4, -0.2) is 17.3 Å². The smallest absolute Gasteiger partial charge is 0.163 e. The van der Waals surface area contributed by atoms with Crippen molar-refractivity contribution in [1.82, 2.24) is 0 Å². The summed E-state index contributed by atoms with van der Waals surface area (Å²) in [4.78, 5) is 36.9. The molecule has 30 heavy (non-hydrogen) atoms. The van der Waals surface area contributed by atoms with Gasteiger partial charge in [0.2, 0.25) is 0 Å². The van der Waals surface area contributed by atoms with E-state index in [4.69, 9.17) is 0 Å². The number of benzene rings is 1. The van der Waals surface area contributed by atoms with Crippen LogP contribution in [0, 0.1) is 31.6 Å². The molecule has 0 radical (unpaired) electrons. The van der Waals surface area contributed by atoms with Crippen molar-refractivity contribution >= 4 is 17.3 Å². The molecule has 0 saturated carbocycles. The van der Waals surface area contributed by atoms with Crippen molar-refractivity contribution in [2.75, 3.05) is 0 Å². The van der Waals surface area contributed by atoms with Crippen molar-refractivity contribution in [3.05, 3.63) is 34.4 Å². The number of Topliss-reactive ketones (excluding diaryl/α,β-unsaturated/α-hetero) is 3. The van der Waals surface area contributed by atoms with Gasteiger partial charge in [-0.05, 0) is 68.6 Å². The molecule has 0 saturated heterocycles. The molecule has 3 atom stereocenters. The number of aryl methyl sites for hydroxylation is 2. The molecule has 3 nitrogen and oxygen atoms in total. The maximum absolute atomic E-state index is 12.8. The van der Waals surface area contributed by atoms with E-state index in [2.05, 4.69) is 33.8 Å². The molecule has 0 spiro atoms. The molecule has 1 aliphatic rings. The Morgan fingerprint density at radius 2 is 1.63 bits per heavy atom. The minimum atomic E-state index is -0.0658. The maximum Gasteiger partial charge on any atom is 0.163 e. The first kappa shape index (κ1) is 26.3. The zero-order chi connectivity index (χ0) is 22.8. The number of carbonyl (C=O) groups is 3. The summed E-state index contributed by atoms with van der Waals surface area (Å²) in [5, 5.41) is 0. The zero-order valence-electron chi connectivity index (χ0n) is 20.3. The summed E-state index contributed by atoms with van der Waals surface area (Å²) in [5.74, 6) is 0.766. The third-order valence-corrected chi connectivity index (χ3v) is 6.14. The lowest BCUT2D eigenvalue weighted by atomic mass is 9.71. The van der Waals surface area contributed by atoms with Gasteiger partial charge in [0.1, 0.15) is 11.6 Å². The Kier molecular flexibility index (Phi) is 11.2. The quantitative estimate of drug-likeness (QED) is 0.415. The third-order valence-electron chi connectivity index (χ3n) is 6.14. The predicted octanol–water partition coefficient (Wildman–Crippen LogP) is 6.85. The summed E-state index contributed by atoms with van der Waals surface area (Å²) in [6, 6.07) is 4.15. The van der Waals surface area contributed by atoms with E-state index in [9.17, 15) is 14.4 Å². The van der Waals surface area contributed by atoms with Crippen LogP contribution in [0.4, 0.5) is 0 Å². The van der Waals surface area contributed by atoms with Crippen LogP contribution < -0.4 is 0 Å². The number of rotatable bonds is 9. The van der Waals surface area contributed by atoms with E-state index < -0.39 is 0 Å². The summed E-state index contributed by atoms with van der Waals surface area (Å²) < 4.78 is 0. The largest absolute Gasteiger partial charge is 0.300 e. The monoisotopic (exact) mass is 414 g/mol. The molecule has 0 N–H and O–H groups in total. The van der Waals surface area contributed by atoms with Gasteiger partial charge in [-0.3, -0.25) is 14.4 Å². The number of carbonyl (C=O) groups excluding carboxylic acids is 3. The van der Waals surface area contributed by atoms with Crippen LogP contribution in [0.15, 0.2) is 12.1 Å². The second kappa shape index (κ2) is 12.8. The second-order valence-corrected chi connectivity index (χ2v) is 9.10. The third kappa shape index (κ3) is 7.18. The van der Waals surface area contributed by atoms with E-state index in [-0.39, 0.29) is 35.6 Å². The highest BCUT2D eigenvalue weighted by Gasteiger charge is 2.33. The van der Waals surface area contributed by atoms with Crippen LogP contribution in [0.3, 0.4) is 0 Å². The molecule has 1 aliphatic carbocycles. The maximum atomic E-state index is 12.8. The summed E-state index contributed by atoms with van der Waals surface area (Å²) in [6.45, 7) is 14.0. The minimum absolute atomic E-state index is 0.0451. The fourth-order valence-corrected chi connectivity index (χ4v) is 4.89. The van der Waals surface area contributed by atoms with Gasteiger partial charge < -0.3 is 0 Å². The highest BCUT2D eigenvalue weighted by Crippen LogP contribution is 2.37. The number of fused-ring (bicyclic) bond motifs is 1. The molecule has 0 aliphatic heterocycles. The Labute approximate surface area is 184 Å². The van der Waals surface area contributed by atoms with Crippen LogP contribution in [0.25, 0.3) is 0 Å². The summed E-state index contributed by atoms with van der Waals surface area (Å²) in [5.41, 5.74) is 4.40. The van der Waals surface area contributed by atoms with Crippen molar-refractivity contribution < 1.29 is 14.4 Å². The Morgan fingerprint density at radius 1 is 1.03 bits per heavy atom. The van der Waals surface area contributed by atoms with Gasteiger partial charge in [-0.25, -0.2) is 0 Å². The molecule has 3 heteroatoms. The van der Waals surface area contributed by atoms with Crippen LogP contribution in [0.5, 0.6) is 0 Å². The fourth-order valence-electron chi connectivity index (χ4n) is 4.89. The summed E-state index contributed by atoms with van der Waals surface area (Å²) >= 11 is 0. The Morgan fingerprint density at radius 3 is 2.17 bits per heavy atom. The average molecular weight is 415 g/mol. The molecular weight excluding hydrogens is 372 g/mol. The van der Waals surface area contributed by atoms with E-state index in [1.165, 1.54) is 24.5 Å². The van der Waals surface area contributed by atoms with E-state index in [1.807, 2.05) is 19.9 Å². The van der Waals surface area contributed by atoms with Gasteiger partial charge in [-0.1, -0.05) is 59.1 Å². The minimum Gasteiger partial charge on any atom is -0.300 e. The molecule has 0 heterocycles. The predicted molar refractivity (Wildman–Crippen MR) is 125 cm³/mol. The van der Waals surface area contributed by atoms with Crippen LogP contribution >= 0.6 is 0 Å². The average Bonchev–Trinajstić information content (AvgIpc) is 2.65. The van der Waals surface area contributed by atoms with Gasteiger partial charge in [-0.15, -0.1) is 0 Å². The Hall–Kier alpha value is -1.77. The van der Waals surface area contributed by atoms with Crippen molar-refractivity contribution in [2.24, 2.45) is 17.8 Å². The zero-order valence-corrected chi connectivity index (χ0v) is 20.3. The van der Waals surface area contributed by atoms with E-state index in [0.29, 0.717) is 12.3 Å². The number of ketones is 3. The van der Waals surface area contributed by atoms with E-state index >= 15 is 0 Å². The standard InChI is InChI=1S/C24H34O3.C3H8/c1-6-8-19(20(7-2)22(26)11-17(5)25)12-18-13-21-15(3)9-10-16(4)24(21)23(27)14-18;1-3-2/h9-10,18-20H,6-8,11-14H2,1-5H3;3H2,1-2H3. The first-order valence-corrected chi connectivity index (χ1v) is 11.8. The SMILES string of the molecule is CCC.CCCC(CC1CC(=O)c2c(C)ccc(C)c2C1)C(CC)C(=O)CC(C)=O. The fraction of sp³-hybridized carbons (Fsp3) is 0.667. The second-order valence-electron chi connectivity index (χ2n) is 9.10. The van der Waals surface area contributed by atoms with Crippen molar-refractivity contribution in [3.8, 4) is 0 Å². The van der Waals surface area contributed by atoms with Crippen molar-refractivity contribution in [3.63, 3.8) is 0 Å². The molecule has 1 aromatic carbocycles. The molecule has 3 unspecified atom stereocenters. The van der Waals surface area contributed by atoms with Gasteiger partial charge >= 0.3 is 0 Å². The lowest BCUT2D eigenvalue weighted by Gasteiger charge is -2.32. The Balaban J connectivity index is 0.00000141. The lowest BCUT2D eigenvalue weighted by molar-refractivity contribution is -0.129. The lowest BCUT2D eigenvalue weighted by Crippen LogP contribution is -2.30. The molecule has 0 amide bonds. The van der Waals surface area contributed by atoms with E-state index in [1.54, 1.807) is 0 Å². The van der Waals surface area contributed by atoms with Gasteiger partial charge in [0, 0.05) is 17.9 Å². The molecule has 1 aromatic rings. The van der Waals surface area contributed by atoms with Gasteiger partial charge in [0.25, 0.3) is 0 Å². The van der Waals surface area contributed by atoms with Gasteiger partial charge in [0.05, 0.1) is 6.42 Å². The molecule has 0 fully saturated rings. The highest BCUT2D eigenvalue weighted by molar-refractivity contribution is 6.00. The Bertz CT molecular complexity index is 732. The molecule has 0 bridgehead atoms. The van der Waals surface area contributed by atoms with Gasteiger partial charge in [0.15, 0.2) is 5.78 Å². The highest BCUT2D eigenvalue weighted by atomic mass is 16.1. The van der Waals surface area contributed by atoms with Crippen molar-refractivity contribution in [1.29, 1.82) is 0 Å². The number of hydrogen-bond acceptors (Lipinski definition) is 3. The molecule has 2 rings (SSSR count). The van der Waals surface area contributed by atoms with Crippen LogP contribution in [-0.2, 0) is 16.0 Å². The number of hydrogen-bond donors (Lipinski definition) is 0. The van der Waals surface area contributed by atoms with Gasteiger partial charge in [-0.2, -0.15) is 0 Å². The summed E-state index contributed by atoms with van der Waals surface area (Å²) in [7, 11) is 0. The molecule has 168 valence electrons. The molecule has 0 aromatic heterocycles. The molecular formula is C27H42O3. The summed E-state index contributed by atoms with van der Waals surface area (Å²) in [6.07, 6.45) is 6.46. The first-order chi connectivity index (χ1) is 14.2. The van der Waals surface area contributed by atoms with Crippen LogP contribution in [0.2, 0.25) is 0 Å². The topological polar surface area (TPSA) is 51.2 Å².